The largest absolute Gasteiger partial charge is 0.327 e. The standard InChI is InChI=1S/C14H26N4O/c1-10(2)18-9-12(8-16-18)17-13(19)6-11(15)7-14(3,4)5/h8-11H,6-7,15H2,1-5H3,(H,17,19). The second-order valence-corrected chi connectivity index (χ2v) is 6.58. The lowest BCUT2D eigenvalue weighted by atomic mass is 9.87. The van der Waals surface area contributed by atoms with Gasteiger partial charge in [-0.3, -0.25) is 9.48 Å². The molecule has 0 fully saturated rings. The van der Waals surface area contributed by atoms with E-state index in [1.807, 2.05) is 24.7 Å². The monoisotopic (exact) mass is 266 g/mol. The van der Waals surface area contributed by atoms with Gasteiger partial charge in [-0.1, -0.05) is 20.8 Å². The average molecular weight is 266 g/mol. The molecule has 1 heterocycles. The van der Waals surface area contributed by atoms with Gasteiger partial charge in [0.2, 0.25) is 5.91 Å². The van der Waals surface area contributed by atoms with Crippen LogP contribution >= 0.6 is 0 Å². The molecule has 0 aliphatic heterocycles. The first kappa shape index (κ1) is 15.7. The van der Waals surface area contributed by atoms with Crippen LogP contribution in [0.5, 0.6) is 0 Å². The Hall–Kier alpha value is -1.36. The molecular formula is C14H26N4O. The van der Waals surface area contributed by atoms with E-state index < -0.39 is 0 Å². The van der Waals surface area contributed by atoms with Gasteiger partial charge in [-0.15, -0.1) is 0 Å². The lowest BCUT2D eigenvalue weighted by molar-refractivity contribution is -0.116. The van der Waals surface area contributed by atoms with E-state index in [0.29, 0.717) is 6.42 Å². The fraction of sp³-hybridized carbons (Fsp3) is 0.714. The lowest BCUT2D eigenvalue weighted by Crippen LogP contribution is -2.31. The highest BCUT2D eigenvalue weighted by atomic mass is 16.1. The Kier molecular flexibility index (Phi) is 5.11. The Labute approximate surface area is 115 Å². The van der Waals surface area contributed by atoms with Crippen molar-refractivity contribution in [1.82, 2.24) is 9.78 Å². The summed E-state index contributed by atoms with van der Waals surface area (Å²) >= 11 is 0. The predicted octanol–water partition coefficient (Wildman–Crippen LogP) is 2.56. The molecule has 1 aromatic heterocycles. The van der Waals surface area contributed by atoms with Crippen molar-refractivity contribution in [1.29, 1.82) is 0 Å². The Balaban J connectivity index is 2.46. The summed E-state index contributed by atoms with van der Waals surface area (Å²) in [6.07, 6.45) is 4.65. The number of amides is 1. The molecule has 1 aromatic rings. The van der Waals surface area contributed by atoms with Crippen molar-refractivity contribution in [3.05, 3.63) is 12.4 Å². The second kappa shape index (κ2) is 6.19. The molecule has 0 bridgehead atoms. The maximum atomic E-state index is 11.9. The zero-order chi connectivity index (χ0) is 14.6. The summed E-state index contributed by atoms with van der Waals surface area (Å²) in [6.45, 7) is 10.4. The van der Waals surface area contributed by atoms with E-state index in [0.717, 1.165) is 12.1 Å². The van der Waals surface area contributed by atoms with Crippen LogP contribution in [0.3, 0.4) is 0 Å². The molecule has 0 radical (unpaired) electrons. The minimum Gasteiger partial charge on any atom is -0.327 e. The van der Waals surface area contributed by atoms with E-state index >= 15 is 0 Å². The molecule has 0 aliphatic rings. The van der Waals surface area contributed by atoms with E-state index in [9.17, 15) is 4.79 Å². The molecule has 1 atom stereocenters. The van der Waals surface area contributed by atoms with E-state index in [1.165, 1.54) is 0 Å². The molecule has 1 amide bonds. The average Bonchev–Trinajstić information content (AvgIpc) is 2.62. The van der Waals surface area contributed by atoms with Gasteiger partial charge in [-0.2, -0.15) is 5.10 Å². The molecule has 1 unspecified atom stereocenters. The number of nitrogens with zero attached hydrogens (tertiary/aromatic N) is 2. The van der Waals surface area contributed by atoms with Crippen molar-refractivity contribution in [2.75, 3.05) is 5.32 Å². The number of carbonyl (C=O) groups excluding carboxylic acids is 1. The molecule has 108 valence electrons. The zero-order valence-corrected chi connectivity index (χ0v) is 12.6. The smallest absolute Gasteiger partial charge is 0.226 e. The van der Waals surface area contributed by atoms with Gasteiger partial charge in [0.05, 0.1) is 11.9 Å². The molecule has 19 heavy (non-hydrogen) atoms. The molecule has 1 rings (SSSR count). The highest BCUT2D eigenvalue weighted by molar-refractivity contribution is 5.90. The maximum Gasteiger partial charge on any atom is 0.226 e. The van der Waals surface area contributed by atoms with Gasteiger partial charge in [0.25, 0.3) is 0 Å². The number of carbonyl (C=O) groups is 1. The van der Waals surface area contributed by atoms with Crippen LogP contribution in [0.2, 0.25) is 0 Å². The van der Waals surface area contributed by atoms with Crippen LogP contribution in [0.1, 0.15) is 53.5 Å². The predicted molar refractivity (Wildman–Crippen MR) is 77.9 cm³/mol. The van der Waals surface area contributed by atoms with Crippen molar-refractivity contribution in [3.63, 3.8) is 0 Å². The van der Waals surface area contributed by atoms with Crippen molar-refractivity contribution in [3.8, 4) is 0 Å². The molecule has 0 saturated carbocycles. The number of nitrogens with two attached hydrogens (primary N) is 1. The third kappa shape index (κ3) is 5.87. The molecule has 0 spiro atoms. The van der Waals surface area contributed by atoms with Crippen molar-refractivity contribution >= 4 is 11.6 Å². The Morgan fingerprint density at radius 1 is 1.47 bits per heavy atom. The SMILES string of the molecule is CC(C)n1cc(NC(=O)CC(N)CC(C)(C)C)cn1. The first-order chi connectivity index (χ1) is 8.67. The second-order valence-electron chi connectivity index (χ2n) is 6.58. The third-order valence-corrected chi connectivity index (χ3v) is 2.74. The Bertz CT molecular complexity index is 417. The molecule has 5 heteroatoms. The summed E-state index contributed by atoms with van der Waals surface area (Å²) in [4.78, 5) is 11.9. The quantitative estimate of drug-likeness (QED) is 0.860. The number of aromatic nitrogens is 2. The molecular weight excluding hydrogens is 240 g/mol. The summed E-state index contributed by atoms with van der Waals surface area (Å²) in [5.74, 6) is -0.0555. The first-order valence-corrected chi connectivity index (χ1v) is 6.77. The molecule has 0 aliphatic carbocycles. The fourth-order valence-corrected chi connectivity index (χ4v) is 1.99. The molecule has 3 N–H and O–H groups in total. The molecule has 0 saturated heterocycles. The third-order valence-electron chi connectivity index (χ3n) is 2.74. The highest BCUT2D eigenvalue weighted by Gasteiger charge is 2.18. The number of hydrogen-bond acceptors (Lipinski definition) is 3. The van der Waals surface area contributed by atoms with Crippen molar-refractivity contribution in [2.45, 2.75) is 59.5 Å². The van der Waals surface area contributed by atoms with Gasteiger partial charge in [0.1, 0.15) is 0 Å². The van der Waals surface area contributed by atoms with Crippen LogP contribution in [0.4, 0.5) is 5.69 Å². The molecule has 5 nitrogen and oxygen atoms in total. The summed E-state index contributed by atoms with van der Waals surface area (Å²) in [7, 11) is 0. The topological polar surface area (TPSA) is 72.9 Å². The van der Waals surface area contributed by atoms with Gasteiger partial charge < -0.3 is 11.1 Å². The highest BCUT2D eigenvalue weighted by Crippen LogP contribution is 2.21. The van der Waals surface area contributed by atoms with Crippen LogP contribution in [0, 0.1) is 5.41 Å². The number of rotatable bonds is 5. The summed E-state index contributed by atoms with van der Waals surface area (Å²) in [6, 6.07) is 0.175. The van der Waals surface area contributed by atoms with Gasteiger partial charge >= 0.3 is 0 Å². The first-order valence-electron chi connectivity index (χ1n) is 6.77. The van der Waals surface area contributed by atoms with Crippen molar-refractivity contribution in [2.24, 2.45) is 11.1 Å². The van der Waals surface area contributed by atoms with E-state index in [1.54, 1.807) is 6.20 Å². The minimum atomic E-state index is -0.111. The van der Waals surface area contributed by atoms with E-state index in [2.05, 4.69) is 31.2 Å². The van der Waals surface area contributed by atoms with Crippen LogP contribution in [-0.2, 0) is 4.79 Å². The zero-order valence-electron chi connectivity index (χ0n) is 12.6. The van der Waals surface area contributed by atoms with Gasteiger partial charge in [0, 0.05) is 24.7 Å². The van der Waals surface area contributed by atoms with Crippen LogP contribution in [0.15, 0.2) is 12.4 Å². The maximum absolute atomic E-state index is 11.9. The van der Waals surface area contributed by atoms with Crippen molar-refractivity contribution < 1.29 is 4.79 Å². The van der Waals surface area contributed by atoms with Crippen LogP contribution < -0.4 is 11.1 Å². The van der Waals surface area contributed by atoms with E-state index in [4.69, 9.17) is 5.73 Å². The van der Waals surface area contributed by atoms with Crippen LogP contribution in [-0.4, -0.2) is 21.7 Å². The number of hydrogen-bond donors (Lipinski definition) is 2. The number of nitrogens with one attached hydrogen (secondary N) is 1. The fourth-order valence-electron chi connectivity index (χ4n) is 1.99. The van der Waals surface area contributed by atoms with Gasteiger partial charge in [-0.25, -0.2) is 0 Å². The summed E-state index contributed by atoms with van der Waals surface area (Å²) in [5, 5.41) is 7.01. The minimum absolute atomic E-state index is 0.0555. The van der Waals surface area contributed by atoms with Gasteiger partial charge in [0.15, 0.2) is 0 Å². The summed E-state index contributed by atoms with van der Waals surface area (Å²) in [5.41, 5.74) is 6.85. The van der Waals surface area contributed by atoms with Crippen LogP contribution in [0.25, 0.3) is 0 Å². The summed E-state index contributed by atoms with van der Waals surface area (Å²) < 4.78 is 1.81. The molecule has 0 aromatic carbocycles. The Morgan fingerprint density at radius 3 is 2.58 bits per heavy atom. The normalized spacial score (nSPS) is 13.6. The van der Waals surface area contributed by atoms with Gasteiger partial charge in [-0.05, 0) is 25.7 Å². The lowest BCUT2D eigenvalue weighted by Gasteiger charge is -2.22. The van der Waals surface area contributed by atoms with E-state index in [-0.39, 0.29) is 23.4 Å². The number of anilines is 1. The Morgan fingerprint density at radius 2 is 2.11 bits per heavy atom.